The zero-order chi connectivity index (χ0) is 23.3. The van der Waals surface area contributed by atoms with Gasteiger partial charge in [-0.3, -0.25) is 9.69 Å². The van der Waals surface area contributed by atoms with Crippen LogP contribution in [-0.4, -0.2) is 63.3 Å². The molecular formula is C22H26FN3O4S2. The standard InChI is InChI=1S/C22H26FN3O4S2/c1-4-25(5-2)13-14-26(22-24-21-18(23)7-6-8-19(21)31-22)20(27)15-32(28,29)17-11-9-16(30-3)10-12-17/h6-12H,4-5,13-15H2,1-3H3. The van der Waals surface area contributed by atoms with E-state index in [1.54, 1.807) is 12.1 Å². The molecule has 1 aromatic heterocycles. The Morgan fingerprint density at radius 3 is 2.38 bits per heavy atom. The monoisotopic (exact) mass is 479 g/mol. The summed E-state index contributed by atoms with van der Waals surface area (Å²) in [5.74, 6) is -1.28. The Balaban J connectivity index is 1.90. The van der Waals surface area contributed by atoms with E-state index < -0.39 is 27.3 Å². The number of sulfone groups is 1. The average molecular weight is 480 g/mol. The highest BCUT2D eigenvalue weighted by molar-refractivity contribution is 7.92. The van der Waals surface area contributed by atoms with Gasteiger partial charge in [0.2, 0.25) is 5.91 Å². The number of para-hydroxylation sites is 1. The van der Waals surface area contributed by atoms with Crippen molar-refractivity contribution < 1.29 is 22.3 Å². The van der Waals surface area contributed by atoms with Gasteiger partial charge in [0.15, 0.2) is 15.0 Å². The van der Waals surface area contributed by atoms with Gasteiger partial charge in [-0.2, -0.15) is 0 Å². The van der Waals surface area contributed by atoms with Gasteiger partial charge in [0.05, 0.1) is 16.7 Å². The van der Waals surface area contributed by atoms with Crippen LogP contribution in [0.15, 0.2) is 47.4 Å². The third-order valence-electron chi connectivity index (χ3n) is 5.16. The van der Waals surface area contributed by atoms with Gasteiger partial charge >= 0.3 is 0 Å². The lowest BCUT2D eigenvalue weighted by atomic mass is 10.3. The van der Waals surface area contributed by atoms with Crippen LogP contribution in [0.2, 0.25) is 0 Å². The second kappa shape index (κ2) is 10.4. The van der Waals surface area contributed by atoms with E-state index in [0.717, 1.165) is 13.1 Å². The van der Waals surface area contributed by atoms with E-state index in [1.165, 1.54) is 53.7 Å². The zero-order valence-electron chi connectivity index (χ0n) is 18.2. The van der Waals surface area contributed by atoms with Crippen LogP contribution in [0.3, 0.4) is 0 Å². The fraction of sp³-hybridized carbons (Fsp3) is 0.364. The molecule has 2 aromatic carbocycles. The van der Waals surface area contributed by atoms with E-state index in [1.807, 2.05) is 13.8 Å². The molecule has 3 rings (SSSR count). The molecule has 0 saturated heterocycles. The summed E-state index contributed by atoms with van der Waals surface area (Å²) in [6.45, 7) is 6.39. The number of ether oxygens (including phenoxy) is 1. The number of halogens is 1. The molecule has 0 aliphatic heterocycles. The average Bonchev–Trinajstić information content (AvgIpc) is 3.21. The predicted octanol–water partition coefficient (Wildman–Crippen LogP) is 3.59. The normalized spacial score (nSPS) is 11.8. The van der Waals surface area contributed by atoms with Gasteiger partial charge < -0.3 is 9.64 Å². The fourth-order valence-electron chi connectivity index (χ4n) is 3.23. The van der Waals surface area contributed by atoms with Crippen molar-refractivity contribution in [3.8, 4) is 5.75 Å². The molecule has 0 spiro atoms. The molecule has 7 nitrogen and oxygen atoms in total. The Morgan fingerprint density at radius 2 is 1.78 bits per heavy atom. The summed E-state index contributed by atoms with van der Waals surface area (Å²) in [5, 5.41) is 0.284. The van der Waals surface area contributed by atoms with Crippen LogP contribution in [0.25, 0.3) is 10.2 Å². The van der Waals surface area contributed by atoms with E-state index in [-0.39, 0.29) is 22.1 Å². The van der Waals surface area contributed by atoms with Crippen LogP contribution in [-0.2, 0) is 14.6 Å². The van der Waals surface area contributed by atoms with Crippen molar-refractivity contribution >= 4 is 42.4 Å². The lowest BCUT2D eigenvalue weighted by Gasteiger charge is -2.24. The van der Waals surface area contributed by atoms with Crippen LogP contribution in [0, 0.1) is 5.82 Å². The minimum absolute atomic E-state index is 0.0330. The largest absolute Gasteiger partial charge is 0.497 e. The number of aromatic nitrogens is 1. The summed E-state index contributed by atoms with van der Waals surface area (Å²) >= 11 is 1.17. The number of fused-ring (bicyclic) bond motifs is 1. The third kappa shape index (κ3) is 5.43. The van der Waals surface area contributed by atoms with E-state index >= 15 is 0 Å². The number of rotatable bonds is 10. The summed E-state index contributed by atoms with van der Waals surface area (Å²) in [6, 6.07) is 10.5. The summed E-state index contributed by atoms with van der Waals surface area (Å²) in [7, 11) is -2.40. The number of anilines is 1. The van der Waals surface area contributed by atoms with Crippen molar-refractivity contribution in [1.29, 1.82) is 0 Å². The molecule has 3 aromatic rings. The molecule has 0 bridgehead atoms. The van der Waals surface area contributed by atoms with Crippen LogP contribution < -0.4 is 9.64 Å². The number of hydrogen-bond donors (Lipinski definition) is 0. The van der Waals surface area contributed by atoms with Gasteiger partial charge in [0.1, 0.15) is 22.8 Å². The Morgan fingerprint density at radius 1 is 1.09 bits per heavy atom. The molecule has 0 atom stereocenters. The Labute approximate surface area is 191 Å². The van der Waals surface area contributed by atoms with Gasteiger partial charge in [-0.1, -0.05) is 31.3 Å². The van der Waals surface area contributed by atoms with Gasteiger partial charge in [-0.25, -0.2) is 17.8 Å². The Hall–Kier alpha value is -2.56. The van der Waals surface area contributed by atoms with Gasteiger partial charge in [-0.05, 0) is 49.5 Å². The molecule has 10 heteroatoms. The van der Waals surface area contributed by atoms with Gasteiger partial charge in [-0.15, -0.1) is 0 Å². The number of amides is 1. The maximum atomic E-state index is 14.2. The van der Waals surface area contributed by atoms with E-state index in [2.05, 4.69) is 9.88 Å². The SMILES string of the molecule is CCN(CC)CCN(C(=O)CS(=O)(=O)c1ccc(OC)cc1)c1nc2c(F)cccc2s1. The lowest BCUT2D eigenvalue weighted by molar-refractivity contribution is -0.116. The molecule has 1 amide bonds. The van der Waals surface area contributed by atoms with Crippen molar-refractivity contribution in [3.05, 3.63) is 48.3 Å². The molecule has 0 saturated carbocycles. The molecular weight excluding hydrogens is 453 g/mol. The molecule has 172 valence electrons. The summed E-state index contributed by atoms with van der Waals surface area (Å²) in [4.78, 5) is 21.0. The van der Waals surface area contributed by atoms with Crippen molar-refractivity contribution in [3.63, 3.8) is 0 Å². The van der Waals surface area contributed by atoms with Crippen molar-refractivity contribution in [1.82, 2.24) is 9.88 Å². The highest BCUT2D eigenvalue weighted by Gasteiger charge is 2.27. The number of carbonyl (C=O) groups is 1. The summed E-state index contributed by atoms with van der Waals surface area (Å²) in [5.41, 5.74) is 0.172. The minimum atomic E-state index is -3.88. The number of hydrogen-bond acceptors (Lipinski definition) is 7. The quantitative estimate of drug-likeness (QED) is 0.442. The smallest absolute Gasteiger partial charge is 0.244 e. The number of nitrogens with zero attached hydrogens (tertiary/aromatic N) is 3. The molecule has 0 aliphatic rings. The third-order valence-corrected chi connectivity index (χ3v) is 7.82. The summed E-state index contributed by atoms with van der Waals surface area (Å²) in [6.07, 6.45) is 0. The first-order valence-corrected chi connectivity index (χ1v) is 12.7. The van der Waals surface area contributed by atoms with Crippen LogP contribution in [0.1, 0.15) is 13.8 Å². The molecule has 1 heterocycles. The van der Waals surface area contributed by atoms with Crippen molar-refractivity contribution in [2.75, 3.05) is 43.9 Å². The second-order valence-electron chi connectivity index (χ2n) is 7.09. The van der Waals surface area contributed by atoms with E-state index in [0.29, 0.717) is 17.0 Å². The fourth-order valence-corrected chi connectivity index (χ4v) is 5.46. The number of methoxy groups -OCH3 is 1. The Bertz CT molecular complexity index is 1180. The van der Waals surface area contributed by atoms with Gasteiger partial charge in [0, 0.05) is 13.1 Å². The maximum absolute atomic E-state index is 14.2. The molecule has 0 N–H and O–H groups in total. The topological polar surface area (TPSA) is 79.8 Å². The number of likely N-dealkylation sites (N-methyl/N-ethyl adjacent to an activating group) is 1. The lowest BCUT2D eigenvalue weighted by Crippen LogP contribution is -2.41. The maximum Gasteiger partial charge on any atom is 0.244 e. The first-order valence-electron chi connectivity index (χ1n) is 10.2. The first kappa shape index (κ1) is 24.1. The number of carbonyl (C=O) groups excluding carboxylic acids is 1. The number of thiazole rings is 1. The highest BCUT2D eigenvalue weighted by Crippen LogP contribution is 2.30. The minimum Gasteiger partial charge on any atom is -0.497 e. The molecule has 32 heavy (non-hydrogen) atoms. The predicted molar refractivity (Wildman–Crippen MR) is 125 cm³/mol. The second-order valence-corrected chi connectivity index (χ2v) is 10.1. The van der Waals surface area contributed by atoms with Crippen molar-refractivity contribution in [2.24, 2.45) is 0 Å². The first-order chi connectivity index (χ1) is 15.3. The number of benzene rings is 2. The molecule has 0 unspecified atom stereocenters. The highest BCUT2D eigenvalue weighted by atomic mass is 32.2. The molecule has 0 fully saturated rings. The van der Waals surface area contributed by atoms with E-state index in [4.69, 9.17) is 4.74 Å². The Kier molecular flexibility index (Phi) is 7.81. The van der Waals surface area contributed by atoms with Crippen LogP contribution in [0.5, 0.6) is 5.75 Å². The van der Waals surface area contributed by atoms with Crippen molar-refractivity contribution in [2.45, 2.75) is 18.7 Å². The summed E-state index contributed by atoms with van der Waals surface area (Å²) < 4.78 is 45.6. The molecule has 0 radical (unpaired) electrons. The molecule has 0 aliphatic carbocycles. The zero-order valence-corrected chi connectivity index (χ0v) is 19.9. The van der Waals surface area contributed by atoms with E-state index in [9.17, 15) is 17.6 Å². The van der Waals surface area contributed by atoms with Crippen LogP contribution in [0.4, 0.5) is 9.52 Å². The van der Waals surface area contributed by atoms with Crippen LogP contribution >= 0.6 is 11.3 Å². The van der Waals surface area contributed by atoms with Gasteiger partial charge in [0.25, 0.3) is 0 Å².